The second-order valence-corrected chi connectivity index (χ2v) is 4.26. The minimum atomic E-state index is -0.331. The highest BCUT2D eigenvalue weighted by atomic mass is 35.5. The predicted molar refractivity (Wildman–Crippen MR) is 53.8 cm³/mol. The van der Waals surface area contributed by atoms with E-state index in [0.717, 1.165) is 19.3 Å². The SMILES string of the molecule is NCC1(c2ncc(Cl)cc2F)CCC1. The molecule has 76 valence electrons. The van der Waals surface area contributed by atoms with Gasteiger partial charge < -0.3 is 5.73 Å². The van der Waals surface area contributed by atoms with E-state index >= 15 is 0 Å². The average molecular weight is 215 g/mol. The second-order valence-electron chi connectivity index (χ2n) is 3.82. The molecule has 0 atom stereocenters. The summed E-state index contributed by atoms with van der Waals surface area (Å²) in [6.45, 7) is 0.457. The Morgan fingerprint density at radius 3 is 2.71 bits per heavy atom. The van der Waals surface area contributed by atoms with Gasteiger partial charge in [-0.1, -0.05) is 18.0 Å². The Bertz CT molecular complexity index is 344. The molecule has 1 aliphatic carbocycles. The molecule has 0 radical (unpaired) electrons. The maximum atomic E-state index is 13.6. The first-order valence-corrected chi connectivity index (χ1v) is 5.07. The number of halogens is 2. The molecule has 0 aromatic carbocycles. The van der Waals surface area contributed by atoms with Crippen LogP contribution in [-0.2, 0) is 5.41 Å². The Morgan fingerprint density at radius 2 is 2.29 bits per heavy atom. The third-order valence-corrected chi connectivity index (χ3v) is 3.22. The molecule has 0 amide bonds. The van der Waals surface area contributed by atoms with Crippen molar-refractivity contribution in [2.45, 2.75) is 24.7 Å². The summed E-state index contributed by atoms with van der Waals surface area (Å²) in [7, 11) is 0. The van der Waals surface area contributed by atoms with Crippen LogP contribution in [0, 0.1) is 5.82 Å². The Kier molecular flexibility index (Phi) is 2.45. The van der Waals surface area contributed by atoms with E-state index in [4.69, 9.17) is 17.3 Å². The van der Waals surface area contributed by atoms with Crippen LogP contribution in [0.1, 0.15) is 25.0 Å². The zero-order valence-corrected chi connectivity index (χ0v) is 8.52. The van der Waals surface area contributed by atoms with Crippen molar-refractivity contribution in [2.75, 3.05) is 6.54 Å². The van der Waals surface area contributed by atoms with Crippen molar-refractivity contribution in [3.05, 3.63) is 28.8 Å². The normalized spacial score (nSPS) is 19.1. The number of nitrogens with two attached hydrogens (primary N) is 1. The number of nitrogens with zero attached hydrogens (tertiary/aromatic N) is 1. The van der Waals surface area contributed by atoms with Crippen LogP contribution >= 0.6 is 11.6 Å². The van der Waals surface area contributed by atoms with Crippen LogP contribution in [0.15, 0.2) is 12.3 Å². The lowest BCUT2D eigenvalue weighted by Crippen LogP contribution is -2.43. The van der Waals surface area contributed by atoms with Gasteiger partial charge in [0.2, 0.25) is 0 Å². The molecule has 1 aliphatic rings. The number of hydrogen-bond donors (Lipinski definition) is 1. The van der Waals surface area contributed by atoms with Gasteiger partial charge in [-0.25, -0.2) is 4.39 Å². The van der Waals surface area contributed by atoms with E-state index in [0.29, 0.717) is 17.3 Å². The lowest BCUT2D eigenvalue weighted by Gasteiger charge is -2.40. The molecule has 0 spiro atoms. The molecule has 14 heavy (non-hydrogen) atoms. The molecule has 1 heterocycles. The first kappa shape index (κ1) is 9.87. The highest BCUT2D eigenvalue weighted by Crippen LogP contribution is 2.42. The molecule has 1 aromatic rings. The zero-order valence-electron chi connectivity index (χ0n) is 7.76. The first-order valence-electron chi connectivity index (χ1n) is 4.69. The van der Waals surface area contributed by atoms with E-state index in [1.807, 2.05) is 0 Å². The Morgan fingerprint density at radius 1 is 1.57 bits per heavy atom. The van der Waals surface area contributed by atoms with Gasteiger partial charge in [0.15, 0.2) is 0 Å². The van der Waals surface area contributed by atoms with Crippen molar-refractivity contribution in [2.24, 2.45) is 5.73 Å². The van der Waals surface area contributed by atoms with E-state index in [1.54, 1.807) is 0 Å². The zero-order chi connectivity index (χ0) is 10.2. The highest BCUT2D eigenvalue weighted by molar-refractivity contribution is 6.30. The summed E-state index contributed by atoms with van der Waals surface area (Å²) in [4.78, 5) is 4.06. The molecule has 2 nitrogen and oxygen atoms in total. The lowest BCUT2D eigenvalue weighted by atomic mass is 9.66. The van der Waals surface area contributed by atoms with E-state index in [9.17, 15) is 4.39 Å². The Labute approximate surface area is 87.3 Å². The van der Waals surface area contributed by atoms with E-state index in [2.05, 4.69) is 4.98 Å². The van der Waals surface area contributed by atoms with Crippen molar-refractivity contribution in [1.29, 1.82) is 0 Å². The maximum absolute atomic E-state index is 13.6. The monoisotopic (exact) mass is 214 g/mol. The fourth-order valence-electron chi connectivity index (χ4n) is 1.95. The summed E-state index contributed by atoms with van der Waals surface area (Å²) in [5.41, 5.74) is 5.92. The maximum Gasteiger partial charge on any atom is 0.146 e. The summed E-state index contributed by atoms with van der Waals surface area (Å²) in [6, 6.07) is 1.31. The van der Waals surface area contributed by atoms with Crippen molar-refractivity contribution in [3.63, 3.8) is 0 Å². The van der Waals surface area contributed by atoms with Crippen LogP contribution in [0.4, 0.5) is 4.39 Å². The molecule has 1 fully saturated rings. The summed E-state index contributed by atoms with van der Waals surface area (Å²) >= 11 is 5.64. The summed E-state index contributed by atoms with van der Waals surface area (Å²) < 4.78 is 13.6. The van der Waals surface area contributed by atoms with E-state index in [1.165, 1.54) is 12.3 Å². The number of pyridine rings is 1. The summed E-state index contributed by atoms with van der Waals surface area (Å²) in [6.07, 6.45) is 4.43. The quantitative estimate of drug-likeness (QED) is 0.820. The van der Waals surface area contributed by atoms with Crippen molar-refractivity contribution in [3.8, 4) is 0 Å². The Hall–Kier alpha value is -0.670. The molecule has 4 heteroatoms. The predicted octanol–water partition coefficient (Wildman–Crippen LogP) is 2.25. The van der Waals surface area contributed by atoms with Gasteiger partial charge in [-0.15, -0.1) is 0 Å². The third kappa shape index (κ3) is 1.41. The van der Waals surface area contributed by atoms with Crippen LogP contribution in [0.2, 0.25) is 5.02 Å². The van der Waals surface area contributed by atoms with E-state index in [-0.39, 0.29) is 11.2 Å². The molecule has 1 saturated carbocycles. The van der Waals surface area contributed by atoms with Gasteiger partial charge in [0, 0.05) is 18.2 Å². The van der Waals surface area contributed by atoms with E-state index < -0.39 is 0 Å². The van der Waals surface area contributed by atoms with Crippen LogP contribution < -0.4 is 5.73 Å². The van der Waals surface area contributed by atoms with Crippen molar-refractivity contribution in [1.82, 2.24) is 4.98 Å². The van der Waals surface area contributed by atoms with Gasteiger partial charge in [-0.3, -0.25) is 4.98 Å². The highest BCUT2D eigenvalue weighted by Gasteiger charge is 2.40. The topological polar surface area (TPSA) is 38.9 Å². The minimum Gasteiger partial charge on any atom is -0.330 e. The van der Waals surface area contributed by atoms with Crippen LogP contribution in [0.3, 0.4) is 0 Å². The van der Waals surface area contributed by atoms with Crippen LogP contribution in [0.5, 0.6) is 0 Å². The minimum absolute atomic E-state index is 0.228. The van der Waals surface area contributed by atoms with Gasteiger partial charge in [0.05, 0.1) is 10.7 Å². The molecular formula is C10H12ClFN2. The molecule has 2 N–H and O–H groups in total. The first-order chi connectivity index (χ1) is 6.68. The largest absolute Gasteiger partial charge is 0.330 e. The standard InChI is InChI=1S/C10H12ClFN2/c11-7-4-8(12)9(14-5-7)10(6-13)2-1-3-10/h4-5H,1-3,6,13H2. The Balaban J connectivity index is 2.40. The van der Waals surface area contributed by atoms with Crippen molar-refractivity contribution >= 4 is 11.6 Å². The van der Waals surface area contributed by atoms with Gasteiger partial charge in [0.1, 0.15) is 5.82 Å². The van der Waals surface area contributed by atoms with Gasteiger partial charge in [-0.2, -0.15) is 0 Å². The lowest BCUT2D eigenvalue weighted by molar-refractivity contribution is 0.237. The number of hydrogen-bond acceptors (Lipinski definition) is 2. The summed E-state index contributed by atoms with van der Waals surface area (Å²) in [5.74, 6) is -0.331. The molecule has 2 rings (SSSR count). The molecule has 0 saturated heterocycles. The molecule has 1 aromatic heterocycles. The van der Waals surface area contributed by atoms with Gasteiger partial charge in [0.25, 0.3) is 0 Å². The smallest absolute Gasteiger partial charge is 0.146 e. The molecule has 0 bridgehead atoms. The average Bonchev–Trinajstić information content (AvgIpc) is 2.07. The molecular weight excluding hydrogens is 203 g/mol. The third-order valence-electron chi connectivity index (χ3n) is 3.01. The summed E-state index contributed by atoms with van der Waals surface area (Å²) in [5, 5.41) is 0.331. The fourth-order valence-corrected chi connectivity index (χ4v) is 2.09. The van der Waals surface area contributed by atoms with Gasteiger partial charge in [-0.05, 0) is 18.9 Å². The fraction of sp³-hybridized carbons (Fsp3) is 0.500. The molecule has 0 unspecified atom stereocenters. The second kappa shape index (κ2) is 3.48. The van der Waals surface area contributed by atoms with Crippen molar-refractivity contribution < 1.29 is 4.39 Å². The van der Waals surface area contributed by atoms with Crippen LogP contribution in [-0.4, -0.2) is 11.5 Å². The number of rotatable bonds is 2. The molecule has 0 aliphatic heterocycles. The van der Waals surface area contributed by atoms with Gasteiger partial charge >= 0.3 is 0 Å². The van der Waals surface area contributed by atoms with Crippen LogP contribution in [0.25, 0.3) is 0 Å². The number of aromatic nitrogens is 1.